The third kappa shape index (κ3) is 5.24. The van der Waals surface area contributed by atoms with E-state index in [0.29, 0.717) is 19.1 Å². The summed E-state index contributed by atoms with van der Waals surface area (Å²) in [5.74, 6) is 0. The maximum absolute atomic E-state index is 9.85. The molecule has 0 fully saturated rings. The molecule has 0 saturated heterocycles. The Morgan fingerprint density at radius 1 is 1.38 bits per heavy atom. The van der Waals surface area contributed by atoms with Gasteiger partial charge in [0.2, 0.25) is 0 Å². The highest BCUT2D eigenvalue weighted by Gasteiger charge is 2.22. The molecule has 0 aromatic rings. The first-order valence-corrected chi connectivity index (χ1v) is 5.00. The van der Waals surface area contributed by atoms with E-state index in [9.17, 15) is 5.11 Å². The number of aliphatic hydroxyl groups excluding tert-OH is 1. The maximum atomic E-state index is 9.85. The van der Waals surface area contributed by atoms with Crippen molar-refractivity contribution in [1.82, 2.24) is 4.90 Å². The van der Waals surface area contributed by atoms with Gasteiger partial charge in [-0.05, 0) is 27.2 Å². The molecule has 0 bridgehead atoms. The molecule has 0 aromatic heterocycles. The fourth-order valence-corrected chi connectivity index (χ4v) is 1.20. The van der Waals surface area contributed by atoms with Gasteiger partial charge in [-0.3, -0.25) is 4.90 Å². The molecule has 2 N–H and O–H groups in total. The lowest BCUT2D eigenvalue weighted by atomic mass is 10.0. The fourth-order valence-electron chi connectivity index (χ4n) is 1.20. The van der Waals surface area contributed by atoms with Crippen LogP contribution in [0, 0.1) is 0 Å². The second kappa shape index (κ2) is 5.58. The van der Waals surface area contributed by atoms with Crippen LogP contribution in [0.15, 0.2) is 0 Å². The summed E-state index contributed by atoms with van der Waals surface area (Å²) in [5, 5.41) is 18.7. The van der Waals surface area contributed by atoms with Gasteiger partial charge in [-0.2, -0.15) is 0 Å². The van der Waals surface area contributed by atoms with Gasteiger partial charge in [-0.25, -0.2) is 0 Å². The predicted molar refractivity (Wildman–Crippen MR) is 54.7 cm³/mol. The van der Waals surface area contributed by atoms with Gasteiger partial charge in [-0.15, -0.1) is 0 Å². The minimum atomic E-state index is -0.639. The topological polar surface area (TPSA) is 43.7 Å². The first kappa shape index (κ1) is 12.9. The Morgan fingerprint density at radius 3 is 2.23 bits per heavy atom. The van der Waals surface area contributed by atoms with Crippen molar-refractivity contribution in [2.24, 2.45) is 0 Å². The standard InChI is InChI=1S/C10H23NO2/c1-5-10(4,13)8-11(6-7-12)9(2)3/h9,12-13H,5-8H2,1-4H3. The summed E-state index contributed by atoms with van der Waals surface area (Å²) in [6.07, 6.45) is 0.738. The fraction of sp³-hybridized carbons (Fsp3) is 1.00. The van der Waals surface area contributed by atoms with Crippen LogP contribution in [0.3, 0.4) is 0 Å². The molecule has 0 rings (SSSR count). The number of rotatable bonds is 6. The van der Waals surface area contributed by atoms with E-state index in [-0.39, 0.29) is 6.61 Å². The second-order valence-electron chi connectivity index (χ2n) is 4.14. The SMILES string of the molecule is CCC(C)(O)CN(CCO)C(C)C. The molecule has 13 heavy (non-hydrogen) atoms. The second-order valence-corrected chi connectivity index (χ2v) is 4.14. The van der Waals surface area contributed by atoms with Crippen LogP contribution >= 0.6 is 0 Å². The summed E-state index contributed by atoms with van der Waals surface area (Å²) >= 11 is 0. The third-order valence-corrected chi connectivity index (χ3v) is 2.42. The van der Waals surface area contributed by atoms with Gasteiger partial charge in [0.25, 0.3) is 0 Å². The average molecular weight is 189 g/mol. The van der Waals surface area contributed by atoms with Gasteiger partial charge in [0.05, 0.1) is 12.2 Å². The quantitative estimate of drug-likeness (QED) is 0.651. The summed E-state index contributed by atoms with van der Waals surface area (Å²) in [5.41, 5.74) is -0.639. The largest absolute Gasteiger partial charge is 0.395 e. The summed E-state index contributed by atoms with van der Waals surface area (Å²) < 4.78 is 0. The van der Waals surface area contributed by atoms with Crippen molar-refractivity contribution < 1.29 is 10.2 Å². The van der Waals surface area contributed by atoms with Gasteiger partial charge in [0.15, 0.2) is 0 Å². The van der Waals surface area contributed by atoms with Crippen molar-refractivity contribution in [2.45, 2.75) is 45.8 Å². The molecule has 1 unspecified atom stereocenters. The zero-order valence-corrected chi connectivity index (χ0v) is 9.25. The minimum Gasteiger partial charge on any atom is -0.395 e. The first-order valence-electron chi connectivity index (χ1n) is 5.00. The molecule has 0 aliphatic heterocycles. The van der Waals surface area contributed by atoms with Gasteiger partial charge >= 0.3 is 0 Å². The molecule has 3 heteroatoms. The lowest BCUT2D eigenvalue weighted by Gasteiger charge is -2.33. The van der Waals surface area contributed by atoms with Gasteiger partial charge in [0, 0.05) is 19.1 Å². The zero-order valence-electron chi connectivity index (χ0n) is 9.25. The van der Waals surface area contributed by atoms with Crippen molar-refractivity contribution in [3.63, 3.8) is 0 Å². The molecular formula is C10H23NO2. The molecule has 0 aromatic carbocycles. The molecule has 0 amide bonds. The van der Waals surface area contributed by atoms with E-state index in [1.807, 2.05) is 13.8 Å². The monoisotopic (exact) mass is 189 g/mol. The Hall–Kier alpha value is -0.120. The number of hydrogen-bond acceptors (Lipinski definition) is 3. The van der Waals surface area contributed by atoms with E-state index in [4.69, 9.17) is 5.11 Å². The number of nitrogens with zero attached hydrogens (tertiary/aromatic N) is 1. The highest BCUT2D eigenvalue weighted by molar-refractivity contribution is 4.77. The van der Waals surface area contributed by atoms with E-state index in [1.54, 1.807) is 0 Å². The van der Waals surface area contributed by atoms with Crippen LogP contribution in [-0.2, 0) is 0 Å². The Morgan fingerprint density at radius 2 is 1.92 bits per heavy atom. The predicted octanol–water partition coefficient (Wildman–Crippen LogP) is 0.850. The lowest BCUT2D eigenvalue weighted by molar-refractivity contribution is 0.00257. The molecule has 0 aliphatic carbocycles. The molecule has 0 aliphatic rings. The van der Waals surface area contributed by atoms with Crippen molar-refractivity contribution in [3.05, 3.63) is 0 Å². The number of hydrogen-bond donors (Lipinski definition) is 2. The van der Waals surface area contributed by atoms with E-state index >= 15 is 0 Å². The Labute approximate surface area is 81.4 Å². The van der Waals surface area contributed by atoms with Gasteiger partial charge in [0.1, 0.15) is 0 Å². The summed E-state index contributed by atoms with van der Waals surface area (Å²) in [4.78, 5) is 2.09. The minimum absolute atomic E-state index is 0.151. The zero-order chi connectivity index (χ0) is 10.5. The van der Waals surface area contributed by atoms with Crippen LogP contribution in [0.25, 0.3) is 0 Å². The van der Waals surface area contributed by atoms with Gasteiger partial charge < -0.3 is 10.2 Å². The smallest absolute Gasteiger partial charge is 0.0743 e. The lowest BCUT2D eigenvalue weighted by Crippen LogP contribution is -2.44. The summed E-state index contributed by atoms with van der Waals surface area (Å²) in [6, 6.07) is 0.366. The van der Waals surface area contributed by atoms with E-state index in [1.165, 1.54) is 0 Å². The van der Waals surface area contributed by atoms with Crippen LogP contribution in [-0.4, -0.2) is 46.5 Å². The molecule has 0 heterocycles. The normalized spacial score (nSPS) is 16.6. The van der Waals surface area contributed by atoms with E-state index in [0.717, 1.165) is 6.42 Å². The molecule has 1 atom stereocenters. The molecule has 3 nitrogen and oxygen atoms in total. The molecule has 0 radical (unpaired) electrons. The molecular weight excluding hydrogens is 166 g/mol. The van der Waals surface area contributed by atoms with E-state index in [2.05, 4.69) is 18.7 Å². The Kier molecular flexibility index (Phi) is 5.53. The highest BCUT2D eigenvalue weighted by atomic mass is 16.3. The molecule has 0 spiro atoms. The van der Waals surface area contributed by atoms with Crippen LogP contribution in [0.4, 0.5) is 0 Å². The maximum Gasteiger partial charge on any atom is 0.0743 e. The van der Waals surface area contributed by atoms with E-state index < -0.39 is 5.60 Å². The third-order valence-electron chi connectivity index (χ3n) is 2.42. The van der Waals surface area contributed by atoms with Crippen molar-refractivity contribution in [1.29, 1.82) is 0 Å². The van der Waals surface area contributed by atoms with Crippen LogP contribution in [0.2, 0.25) is 0 Å². The van der Waals surface area contributed by atoms with Crippen molar-refractivity contribution in [2.75, 3.05) is 19.7 Å². The van der Waals surface area contributed by atoms with Crippen LogP contribution in [0.1, 0.15) is 34.1 Å². The summed E-state index contributed by atoms with van der Waals surface area (Å²) in [6.45, 7) is 9.35. The number of aliphatic hydroxyl groups is 2. The van der Waals surface area contributed by atoms with Gasteiger partial charge in [-0.1, -0.05) is 6.92 Å². The van der Waals surface area contributed by atoms with Crippen molar-refractivity contribution >= 4 is 0 Å². The summed E-state index contributed by atoms with van der Waals surface area (Å²) in [7, 11) is 0. The molecule has 80 valence electrons. The van der Waals surface area contributed by atoms with Crippen molar-refractivity contribution in [3.8, 4) is 0 Å². The van der Waals surface area contributed by atoms with Crippen LogP contribution < -0.4 is 0 Å². The Balaban J connectivity index is 4.08. The average Bonchev–Trinajstić information content (AvgIpc) is 2.03. The molecule has 0 saturated carbocycles. The highest BCUT2D eigenvalue weighted by Crippen LogP contribution is 2.12. The van der Waals surface area contributed by atoms with Crippen LogP contribution in [0.5, 0.6) is 0 Å². The first-order chi connectivity index (χ1) is 5.93. The Bertz CT molecular complexity index is 135.